The lowest BCUT2D eigenvalue weighted by atomic mass is 9.93. The molecule has 0 spiro atoms. The summed E-state index contributed by atoms with van der Waals surface area (Å²) in [5, 5.41) is 0. The monoisotopic (exact) mass is 316 g/mol. The molecule has 0 bridgehead atoms. The van der Waals surface area contributed by atoms with Gasteiger partial charge in [0.2, 0.25) is 5.91 Å². The van der Waals surface area contributed by atoms with E-state index in [1.165, 1.54) is 0 Å². The average Bonchev–Trinajstić information content (AvgIpc) is 2.41. The third-order valence-electron chi connectivity index (χ3n) is 2.51. The molecule has 1 fully saturated rings. The van der Waals surface area contributed by atoms with Crippen molar-refractivity contribution in [3.05, 3.63) is 21.9 Å². The molecule has 0 unspecified atom stereocenters. The van der Waals surface area contributed by atoms with E-state index < -0.39 is 0 Å². The first-order valence-corrected chi connectivity index (χ1v) is 5.98. The first-order valence-electron chi connectivity index (χ1n) is 4.90. The summed E-state index contributed by atoms with van der Waals surface area (Å²) in [5.74, 6) is 0.944. The van der Waals surface area contributed by atoms with Gasteiger partial charge in [0.1, 0.15) is 5.82 Å². The fourth-order valence-corrected chi connectivity index (χ4v) is 2.13. The van der Waals surface area contributed by atoms with Crippen LogP contribution in [0, 0.1) is 8.99 Å². The summed E-state index contributed by atoms with van der Waals surface area (Å²) >= 11 is 2.21. The lowest BCUT2D eigenvalue weighted by Gasteiger charge is -2.18. The van der Waals surface area contributed by atoms with Gasteiger partial charge in [0.25, 0.3) is 0 Å². The maximum atomic E-state index is 11.8. The fraction of sp³-hybridized carbons (Fsp3) is 0.455. The number of carbonyl (C=O) groups is 1. The smallest absolute Gasteiger partial charge is 0.228 e. The summed E-state index contributed by atoms with van der Waals surface area (Å²) in [4.78, 5) is 17.8. The van der Waals surface area contributed by atoms with Crippen LogP contribution in [0.4, 0.5) is 5.82 Å². The van der Waals surface area contributed by atoms with E-state index in [1.807, 2.05) is 12.1 Å². The van der Waals surface area contributed by atoms with Crippen LogP contribution in [0.1, 0.15) is 20.3 Å². The Morgan fingerprint density at radius 3 is 2.67 bits per heavy atom. The van der Waals surface area contributed by atoms with Gasteiger partial charge in [-0.05, 0) is 40.1 Å². The summed E-state index contributed by atoms with van der Waals surface area (Å²) in [6, 6.07) is 3.88. The van der Waals surface area contributed by atoms with E-state index in [-0.39, 0.29) is 11.3 Å². The third kappa shape index (κ3) is 2.30. The van der Waals surface area contributed by atoms with E-state index in [9.17, 15) is 4.79 Å². The van der Waals surface area contributed by atoms with E-state index in [1.54, 1.807) is 11.1 Å². The molecule has 4 heteroatoms. The number of carbonyl (C=O) groups excluding carboxylic acids is 1. The van der Waals surface area contributed by atoms with E-state index in [0.717, 1.165) is 15.9 Å². The predicted octanol–water partition coefficient (Wildman–Crippen LogP) is 2.45. The maximum Gasteiger partial charge on any atom is 0.228 e. The molecule has 1 aromatic rings. The van der Waals surface area contributed by atoms with Crippen LogP contribution < -0.4 is 4.90 Å². The number of aromatic nitrogens is 1. The number of hydrogen-bond donors (Lipinski definition) is 0. The highest BCUT2D eigenvalue weighted by molar-refractivity contribution is 14.1. The van der Waals surface area contributed by atoms with E-state index in [0.29, 0.717) is 6.42 Å². The van der Waals surface area contributed by atoms with Crippen molar-refractivity contribution >= 4 is 34.3 Å². The Morgan fingerprint density at radius 2 is 2.20 bits per heavy atom. The molecular weight excluding hydrogens is 303 g/mol. The van der Waals surface area contributed by atoms with Crippen LogP contribution in [0.2, 0.25) is 0 Å². The van der Waals surface area contributed by atoms with Gasteiger partial charge in [0, 0.05) is 22.7 Å². The van der Waals surface area contributed by atoms with Crippen LogP contribution >= 0.6 is 22.6 Å². The van der Waals surface area contributed by atoms with E-state index >= 15 is 0 Å². The maximum absolute atomic E-state index is 11.8. The molecule has 1 aliphatic rings. The standard InChI is InChI=1S/C11H13IN2O/c1-11(2)5-10(15)14(7-11)9-4-3-8(12)6-13-9/h3-4,6H,5,7H2,1-2H3. The lowest BCUT2D eigenvalue weighted by molar-refractivity contribution is -0.117. The SMILES string of the molecule is CC1(C)CC(=O)N(c2ccc(I)cn2)C1. The van der Waals surface area contributed by atoms with Gasteiger partial charge in [-0.15, -0.1) is 0 Å². The molecule has 2 rings (SSSR count). The summed E-state index contributed by atoms with van der Waals surface area (Å²) in [7, 11) is 0. The Hall–Kier alpha value is -0.650. The molecule has 0 aromatic carbocycles. The number of pyridine rings is 1. The highest BCUT2D eigenvalue weighted by atomic mass is 127. The minimum atomic E-state index is 0.0712. The van der Waals surface area contributed by atoms with Crippen molar-refractivity contribution in [2.75, 3.05) is 11.4 Å². The molecule has 1 saturated heterocycles. The number of nitrogens with zero attached hydrogens (tertiary/aromatic N) is 2. The Morgan fingerprint density at radius 1 is 1.47 bits per heavy atom. The molecule has 1 amide bonds. The molecule has 0 saturated carbocycles. The summed E-state index contributed by atoms with van der Waals surface area (Å²) in [6.45, 7) is 4.98. The van der Waals surface area contributed by atoms with Gasteiger partial charge in [0.05, 0.1) is 0 Å². The number of hydrogen-bond acceptors (Lipinski definition) is 2. The van der Waals surface area contributed by atoms with E-state index in [4.69, 9.17) is 0 Å². The van der Waals surface area contributed by atoms with Gasteiger partial charge < -0.3 is 0 Å². The Bertz CT molecular complexity index is 386. The lowest BCUT2D eigenvalue weighted by Crippen LogP contribution is -2.26. The zero-order valence-corrected chi connectivity index (χ0v) is 11.0. The number of halogens is 1. The van der Waals surface area contributed by atoms with Crippen LogP contribution in [-0.4, -0.2) is 17.4 Å². The second-order valence-electron chi connectivity index (χ2n) is 4.66. The van der Waals surface area contributed by atoms with Crippen molar-refractivity contribution in [1.82, 2.24) is 4.98 Å². The second kappa shape index (κ2) is 3.73. The van der Waals surface area contributed by atoms with Crippen molar-refractivity contribution in [3.8, 4) is 0 Å². The first kappa shape index (κ1) is 10.9. The van der Waals surface area contributed by atoms with Crippen LogP contribution in [0.5, 0.6) is 0 Å². The molecule has 2 heterocycles. The number of anilines is 1. The molecule has 80 valence electrons. The number of amides is 1. The van der Waals surface area contributed by atoms with Gasteiger partial charge in [-0.3, -0.25) is 9.69 Å². The van der Waals surface area contributed by atoms with Crippen LogP contribution in [0.15, 0.2) is 18.3 Å². The van der Waals surface area contributed by atoms with Crippen molar-refractivity contribution < 1.29 is 4.79 Å². The molecule has 3 nitrogen and oxygen atoms in total. The highest BCUT2D eigenvalue weighted by Crippen LogP contribution is 2.32. The van der Waals surface area contributed by atoms with Crippen LogP contribution in [-0.2, 0) is 4.79 Å². The van der Waals surface area contributed by atoms with Crippen molar-refractivity contribution in [2.24, 2.45) is 5.41 Å². The quantitative estimate of drug-likeness (QED) is 0.746. The molecule has 0 aliphatic carbocycles. The minimum Gasteiger partial charge on any atom is -0.296 e. The van der Waals surface area contributed by atoms with Crippen molar-refractivity contribution in [2.45, 2.75) is 20.3 Å². The van der Waals surface area contributed by atoms with Crippen LogP contribution in [0.3, 0.4) is 0 Å². The average molecular weight is 316 g/mol. The van der Waals surface area contributed by atoms with Crippen molar-refractivity contribution in [1.29, 1.82) is 0 Å². The molecule has 1 aromatic heterocycles. The zero-order valence-electron chi connectivity index (χ0n) is 8.83. The molecule has 0 atom stereocenters. The van der Waals surface area contributed by atoms with Gasteiger partial charge >= 0.3 is 0 Å². The molecule has 0 N–H and O–H groups in total. The van der Waals surface area contributed by atoms with Gasteiger partial charge in [0.15, 0.2) is 0 Å². The summed E-state index contributed by atoms with van der Waals surface area (Å²) in [6.07, 6.45) is 2.40. The van der Waals surface area contributed by atoms with E-state index in [2.05, 4.69) is 41.4 Å². The largest absolute Gasteiger partial charge is 0.296 e. The minimum absolute atomic E-state index is 0.0712. The van der Waals surface area contributed by atoms with Gasteiger partial charge in [-0.1, -0.05) is 13.8 Å². The first-order chi connectivity index (χ1) is 6.98. The topological polar surface area (TPSA) is 33.2 Å². The third-order valence-corrected chi connectivity index (χ3v) is 3.14. The van der Waals surface area contributed by atoms with Gasteiger partial charge in [-0.2, -0.15) is 0 Å². The zero-order chi connectivity index (χ0) is 11.1. The Labute approximate surface area is 103 Å². The van der Waals surface area contributed by atoms with Gasteiger partial charge in [-0.25, -0.2) is 4.98 Å². The highest BCUT2D eigenvalue weighted by Gasteiger charge is 2.36. The number of rotatable bonds is 1. The molecule has 1 aliphatic heterocycles. The Kier molecular flexibility index (Phi) is 2.70. The predicted molar refractivity (Wildman–Crippen MR) is 67.7 cm³/mol. The van der Waals surface area contributed by atoms with Crippen molar-refractivity contribution in [3.63, 3.8) is 0 Å². The fourth-order valence-electron chi connectivity index (χ4n) is 1.81. The van der Waals surface area contributed by atoms with Crippen LogP contribution in [0.25, 0.3) is 0 Å². The summed E-state index contributed by atoms with van der Waals surface area (Å²) in [5.41, 5.74) is 0.0712. The molecular formula is C11H13IN2O. The summed E-state index contributed by atoms with van der Waals surface area (Å²) < 4.78 is 1.09. The normalized spacial score (nSPS) is 19.7. The molecule has 0 radical (unpaired) electrons. The second-order valence-corrected chi connectivity index (χ2v) is 5.90. The Balaban J connectivity index is 2.25. The molecule has 15 heavy (non-hydrogen) atoms.